The lowest BCUT2D eigenvalue weighted by Crippen LogP contribution is -2.47. The molecule has 0 radical (unpaired) electrons. The zero-order valence-corrected chi connectivity index (χ0v) is 19.4. The normalized spacial score (nSPS) is 16.9. The van der Waals surface area contributed by atoms with Gasteiger partial charge in [-0.1, -0.05) is 18.2 Å². The van der Waals surface area contributed by atoms with Crippen molar-refractivity contribution in [3.8, 4) is 11.5 Å². The third kappa shape index (κ3) is 4.99. The number of methoxy groups -OCH3 is 2. The van der Waals surface area contributed by atoms with Crippen LogP contribution in [-0.4, -0.2) is 49.0 Å². The van der Waals surface area contributed by atoms with Crippen LogP contribution in [0, 0.1) is 11.7 Å². The van der Waals surface area contributed by atoms with E-state index < -0.39 is 11.2 Å². The number of piperidine rings is 1. The molecule has 0 aromatic heterocycles. The topological polar surface area (TPSA) is 68.2 Å². The lowest BCUT2D eigenvalue weighted by molar-refractivity contribution is -0.0239. The van der Waals surface area contributed by atoms with E-state index in [1.807, 2.05) is 20.8 Å². The third-order valence-electron chi connectivity index (χ3n) is 5.85. The summed E-state index contributed by atoms with van der Waals surface area (Å²) in [7, 11) is 3.09. The third-order valence-corrected chi connectivity index (χ3v) is 5.85. The lowest BCUT2D eigenvalue weighted by atomic mass is 9.72. The van der Waals surface area contributed by atoms with E-state index in [0.717, 1.165) is 0 Å². The van der Waals surface area contributed by atoms with Crippen molar-refractivity contribution in [1.29, 1.82) is 0 Å². The van der Waals surface area contributed by atoms with Crippen LogP contribution in [0.15, 0.2) is 42.5 Å². The summed E-state index contributed by atoms with van der Waals surface area (Å²) in [5.74, 6) is 0.474. The van der Waals surface area contributed by atoms with Gasteiger partial charge in [0.2, 0.25) is 0 Å². The Kier molecular flexibility index (Phi) is 6.98. The Hall–Kier alpha value is -2.80. The summed E-state index contributed by atoms with van der Waals surface area (Å²) >= 11 is 0. The van der Waals surface area contributed by atoms with Gasteiger partial charge in [0.1, 0.15) is 17.0 Å². The smallest absolute Gasteiger partial charge is 0.410 e. The number of nitrogens with zero attached hydrogens (tertiary/aromatic N) is 1. The summed E-state index contributed by atoms with van der Waals surface area (Å²) in [6.07, 6.45) is 0.760. The maximum Gasteiger partial charge on any atom is 0.410 e. The van der Waals surface area contributed by atoms with Crippen molar-refractivity contribution in [3.63, 3.8) is 0 Å². The summed E-state index contributed by atoms with van der Waals surface area (Å²) < 4.78 is 29.9. The quantitative estimate of drug-likeness (QED) is 0.721. The molecule has 1 aliphatic heterocycles. The molecule has 1 N–H and O–H groups in total. The number of hydrogen-bond acceptors (Lipinski definition) is 5. The molecule has 174 valence electrons. The number of likely N-dealkylation sites (tertiary alicyclic amines) is 1. The molecule has 2 aromatic carbocycles. The largest absolute Gasteiger partial charge is 0.493 e. The molecule has 0 saturated carbocycles. The van der Waals surface area contributed by atoms with Gasteiger partial charge in [-0.25, -0.2) is 9.18 Å². The van der Waals surface area contributed by atoms with Crippen LogP contribution in [0.2, 0.25) is 0 Å². The van der Waals surface area contributed by atoms with E-state index in [-0.39, 0.29) is 17.8 Å². The van der Waals surface area contributed by atoms with Crippen molar-refractivity contribution in [2.75, 3.05) is 27.3 Å². The van der Waals surface area contributed by atoms with Gasteiger partial charge in [0.05, 0.1) is 14.2 Å². The van der Waals surface area contributed by atoms with Crippen molar-refractivity contribution >= 4 is 6.09 Å². The highest BCUT2D eigenvalue weighted by Gasteiger charge is 2.43. The van der Waals surface area contributed by atoms with Gasteiger partial charge >= 0.3 is 6.09 Å². The fourth-order valence-corrected chi connectivity index (χ4v) is 4.22. The summed E-state index contributed by atoms with van der Waals surface area (Å²) in [4.78, 5) is 14.1. The van der Waals surface area contributed by atoms with Gasteiger partial charge in [-0.05, 0) is 74.9 Å². The molecule has 1 fully saturated rings. The molecule has 1 atom stereocenters. The highest BCUT2D eigenvalue weighted by atomic mass is 19.1. The van der Waals surface area contributed by atoms with E-state index in [4.69, 9.17) is 14.2 Å². The van der Waals surface area contributed by atoms with Gasteiger partial charge in [0.15, 0.2) is 11.5 Å². The minimum Gasteiger partial charge on any atom is -0.493 e. The first-order valence-corrected chi connectivity index (χ1v) is 10.8. The Morgan fingerprint density at radius 3 is 2.06 bits per heavy atom. The molecule has 6 nitrogen and oxygen atoms in total. The number of carbonyl (C=O) groups excluding carboxylic acids is 1. The van der Waals surface area contributed by atoms with E-state index in [0.29, 0.717) is 48.6 Å². The molecule has 3 rings (SSSR count). The van der Waals surface area contributed by atoms with Crippen molar-refractivity contribution in [2.45, 2.75) is 44.8 Å². The lowest BCUT2D eigenvalue weighted by Gasteiger charge is -2.42. The Morgan fingerprint density at radius 2 is 1.53 bits per heavy atom. The number of benzene rings is 2. The molecular weight excluding hydrogens is 413 g/mol. The van der Waals surface area contributed by atoms with Gasteiger partial charge in [-0.3, -0.25) is 0 Å². The van der Waals surface area contributed by atoms with Gasteiger partial charge < -0.3 is 24.2 Å². The van der Waals surface area contributed by atoms with Gasteiger partial charge in [0, 0.05) is 13.1 Å². The Bertz CT molecular complexity index is 932. The first kappa shape index (κ1) is 23.9. The van der Waals surface area contributed by atoms with Crippen molar-refractivity contribution in [1.82, 2.24) is 4.90 Å². The first-order valence-electron chi connectivity index (χ1n) is 10.8. The summed E-state index contributed by atoms with van der Waals surface area (Å²) in [5, 5.41) is 12.1. The van der Waals surface area contributed by atoms with Crippen molar-refractivity contribution in [2.24, 2.45) is 5.92 Å². The van der Waals surface area contributed by atoms with E-state index in [9.17, 15) is 14.3 Å². The van der Waals surface area contributed by atoms with Crippen molar-refractivity contribution in [3.05, 3.63) is 59.4 Å². The number of rotatable bonds is 5. The predicted octanol–water partition coefficient (Wildman–Crippen LogP) is 4.73. The molecule has 32 heavy (non-hydrogen) atoms. The molecule has 1 heterocycles. The van der Waals surface area contributed by atoms with Crippen LogP contribution < -0.4 is 9.47 Å². The van der Waals surface area contributed by atoms with E-state index in [2.05, 4.69) is 0 Å². The van der Waals surface area contributed by atoms with Gasteiger partial charge in [0.25, 0.3) is 0 Å². The summed E-state index contributed by atoms with van der Waals surface area (Å²) in [5.41, 5.74) is -0.755. The van der Waals surface area contributed by atoms with Crippen LogP contribution in [0.3, 0.4) is 0 Å². The van der Waals surface area contributed by atoms with Crippen LogP contribution in [0.1, 0.15) is 44.7 Å². The van der Waals surface area contributed by atoms with Gasteiger partial charge in [-0.15, -0.1) is 0 Å². The monoisotopic (exact) mass is 445 g/mol. The van der Waals surface area contributed by atoms with E-state index in [1.165, 1.54) is 19.2 Å². The van der Waals surface area contributed by atoms with Crippen molar-refractivity contribution < 1.29 is 28.5 Å². The molecule has 1 amide bonds. The van der Waals surface area contributed by atoms with Crippen LogP contribution in [0.5, 0.6) is 11.5 Å². The molecule has 1 aliphatic rings. The Labute approximate surface area is 188 Å². The first-order chi connectivity index (χ1) is 15.1. The summed E-state index contributed by atoms with van der Waals surface area (Å²) in [6.45, 7) is 6.42. The van der Waals surface area contributed by atoms with E-state index >= 15 is 0 Å². The maximum absolute atomic E-state index is 13.6. The minimum absolute atomic E-state index is 0.204. The SMILES string of the molecule is COc1ccc(C(O)(c2ccc(F)cc2)C2CCN(C(=O)OC(C)(C)C)CC2)cc1OC. The summed E-state index contributed by atoms with van der Waals surface area (Å²) in [6, 6.07) is 11.2. The molecule has 1 unspecified atom stereocenters. The highest BCUT2D eigenvalue weighted by molar-refractivity contribution is 5.68. The zero-order chi connectivity index (χ0) is 23.5. The standard InChI is InChI=1S/C25H32FNO5/c1-24(2,3)32-23(28)27-14-12-18(13-15-27)25(29,17-6-9-20(26)10-7-17)19-8-11-21(30-4)22(16-19)31-5/h6-11,16,18,29H,12-15H2,1-5H3. The molecule has 0 spiro atoms. The molecule has 7 heteroatoms. The second-order valence-corrected chi connectivity index (χ2v) is 9.08. The zero-order valence-electron chi connectivity index (χ0n) is 19.4. The second-order valence-electron chi connectivity index (χ2n) is 9.08. The fourth-order valence-electron chi connectivity index (χ4n) is 4.22. The Balaban J connectivity index is 1.93. The number of amides is 1. The molecular formula is C25H32FNO5. The number of hydrogen-bond donors (Lipinski definition) is 1. The molecule has 0 aliphatic carbocycles. The number of aliphatic hydroxyl groups is 1. The molecule has 0 bridgehead atoms. The number of carbonyl (C=O) groups is 1. The average molecular weight is 446 g/mol. The van der Waals surface area contributed by atoms with E-state index in [1.54, 1.807) is 42.3 Å². The Morgan fingerprint density at radius 1 is 0.969 bits per heavy atom. The fraction of sp³-hybridized carbons (Fsp3) is 0.480. The highest BCUT2D eigenvalue weighted by Crippen LogP contribution is 2.44. The van der Waals surface area contributed by atoms with Gasteiger partial charge in [-0.2, -0.15) is 0 Å². The van der Waals surface area contributed by atoms with Crippen LogP contribution in [0.4, 0.5) is 9.18 Å². The van der Waals surface area contributed by atoms with Crippen LogP contribution in [0.25, 0.3) is 0 Å². The average Bonchev–Trinajstić information content (AvgIpc) is 2.77. The predicted molar refractivity (Wildman–Crippen MR) is 119 cm³/mol. The number of halogens is 1. The number of ether oxygens (including phenoxy) is 3. The molecule has 2 aromatic rings. The second kappa shape index (κ2) is 9.36. The molecule has 1 saturated heterocycles. The maximum atomic E-state index is 13.6. The minimum atomic E-state index is -1.40. The van der Waals surface area contributed by atoms with Crippen LogP contribution in [-0.2, 0) is 10.3 Å². The van der Waals surface area contributed by atoms with Crippen LogP contribution >= 0.6 is 0 Å².